The quantitative estimate of drug-likeness (QED) is 0.852. The van der Waals surface area contributed by atoms with E-state index in [1.807, 2.05) is 32.9 Å². The summed E-state index contributed by atoms with van der Waals surface area (Å²) in [7, 11) is -3.26. The van der Waals surface area contributed by atoms with E-state index >= 15 is 0 Å². The Hall–Kier alpha value is -1.60. The zero-order chi connectivity index (χ0) is 19.8. The van der Waals surface area contributed by atoms with Gasteiger partial charge in [-0.05, 0) is 46.6 Å². The predicted octanol–water partition coefficient (Wildman–Crippen LogP) is 2.78. The van der Waals surface area contributed by atoms with E-state index in [0.717, 1.165) is 23.3 Å². The number of carbonyl (C=O) groups excluding carboxylic acids is 1. The topological polar surface area (TPSA) is 75.7 Å². The molecule has 2 heterocycles. The molecule has 1 aromatic carbocycles. The number of piperidine rings is 1. The van der Waals surface area contributed by atoms with Crippen molar-refractivity contribution >= 4 is 15.9 Å². The van der Waals surface area contributed by atoms with Gasteiger partial charge in [-0.15, -0.1) is 0 Å². The van der Waals surface area contributed by atoms with Gasteiger partial charge in [-0.2, -0.15) is 0 Å². The van der Waals surface area contributed by atoms with Crippen LogP contribution in [-0.4, -0.2) is 43.1 Å². The minimum atomic E-state index is -3.26. The second-order valence-electron chi connectivity index (χ2n) is 8.27. The maximum Gasteiger partial charge on any atom is 0.224 e. The number of amides is 1. The standard InChI is InChI=1S/C20H30N2O4S/c1-5-27(24,25)22-10-6-7-15(13-22)19(23)21-17-12-20(3,4)26-18-9-8-14(2)11-16(17)18/h8-9,11,15,17H,5-7,10,12-13H2,1-4H3,(H,21,23)/t15-,17+/m0/s1. The number of nitrogens with zero attached hydrogens (tertiary/aromatic N) is 1. The summed E-state index contributed by atoms with van der Waals surface area (Å²) in [6.07, 6.45) is 2.11. The number of fused-ring (bicyclic) bond motifs is 1. The molecule has 0 bridgehead atoms. The molecule has 0 unspecified atom stereocenters. The fraction of sp³-hybridized carbons (Fsp3) is 0.650. The van der Waals surface area contributed by atoms with Crippen LogP contribution < -0.4 is 10.1 Å². The largest absolute Gasteiger partial charge is 0.487 e. The Morgan fingerprint density at radius 3 is 2.81 bits per heavy atom. The Morgan fingerprint density at radius 2 is 2.11 bits per heavy atom. The molecule has 1 aromatic rings. The number of hydrogen-bond acceptors (Lipinski definition) is 4. The monoisotopic (exact) mass is 394 g/mol. The molecule has 2 aliphatic heterocycles. The second kappa shape index (κ2) is 7.43. The third-order valence-corrected chi connectivity index (χ3v) is 7.30. The fourth-order valence-electron chi connectivity index (χ4n) is 3.98. The van der Waals surface area contributed by atoms with Crippen molar-refractivity contribution in [1.82, 2.24) is 9.62 Å². The van der Waals surface area contributed by atoms with Crippen LogP contribution in [-0.2, 0) is 14.8 Å². The molecule has 1 N–H and O–H groups in total. The zero-order valence-electron chi connectivity index (χ0n) is 16.6. The number of rotatable bonds is 4. The van der Waals surface area contributed by atoms with E-state index in [-0.39, 0.29) is 35.8 Å². The molecule has 1 amide bonds. The van der Waals surface area contributed by atoms with E-state index in [1.165, 1.54) is 4.31 Å². The van der Waals surface area contributed by atoms with Gasteiger partial charge in [0.2, 0.25) is 15.9 Å². The third-order valence-electron chi connectivity index (χ3n) is 5.45. The van der Waals surface area contributed by atoms with Gasteiger partial charge >= 0.3 is 0 Å². The highest BCUT2D eigenvalue weighted by molar-refractivity contribution is 7.89. The van der Waals surface area contributed by atoms with E-state index in [0.29, 0.717) is 19.4 Å². The molecular formula is C20H30N2O4S. The van der Waals surface area contributed by atoms with Crippen LogP contribution in [0.15, 0.2) is 18.2 Å². The lowest BCUT2D eigenvalue weighted by Gasteiger charge is -2.39. The van der Waals surface area contributed by atoms with Crippen molar-refractivity contribution in [3.63, 3.8) is 0 Å². The first-order valence-corrected chi connectivity index (χ1v) is 11.3. The van der Waals surface area contributed by atoms with Crippen molar-refractivity contribution in [3.05, 3.63) is 29.3 Å². The van der Waals surface area contributed by atoms with Crippen LogP contribution >= 0.6 is 0 Å². The normalized spacial score (nSPS) is 25.3. The molecule has 2 atom stereocenters. The van der Waals surface area contributed by atoms with Crippen LogP contribution in [0.1, 0.15) is 57.2 Å². The van der Waals surface area contributed by atoms with Crippen molar-refractivity contribution in [3.8, 4) is 5.75 Å². The van der Waals surface area contributed by atoms with Crippen molar-refractivity contribution in [1.29, 1.82) is 0 Å². The predicted molar refractivity (Wildman–Crippen MR) is 105 cm³/mol. The number of carbonyl (C=O) groups is 1. The SMILES string of the molecule is CCS(=O)(=O)N1CCC[C@H](C(=O)N[C@@H]2CC(C)(C)Oc3ccc(C)cc32)C1. The molecule has 2 aliphatic rings. The molecule has 27 heavy (non-hydrogen) atoms. The highest BCUT2D eigenvalue weighted by atomic mass is 32.2. The lowest BCUT2D eigenvalue weighted by atomic mass is 9.88. The van der Waals surface area contributed by atoms with E-state index in [4.69, 9.17) is 4.74 Å². The van der Waals surface area contributed by atoms with Crippen molar-refractivity contribution in [2.45, 2.75) is 58.6 Å². The van der Waals surface area contributed by atoms with E-state index in [1.54, 1.807) is 6.92 Å². The number of hydrogen-bond donors (Lipinski definition) is 1. The van der Waals surface area contributed by atoms with Crippen LogP contribution in [0.5, 0.6) is 5.75 Å². The molecule has 0 spiro atoms. The van der Waals surface area contributed by atoms with E-state index in [9.17, 15) is 13.2 Å². The highest BCUT2D eigenvalue weighted by Gasteiger charge is 2.37. The van der Waals surface area contributed by atoms with Gasteiger partial charge in [-0.3, -0.25) is 4.79 Å². The summed E-state index contributed by atoms with van der Waals surface area (Å²) >= 11 is 0. The summed E-state index contributed by atoms with van der Waals surface area (Å²) in [6, 6.07) is 5.90. The highest BCUT2D eigenvalue weighted by Crippen LogP contribution is 2.40. The van der Waals surface area contributed by atoms with Crippen LogP contribution in [0.3, 0.4) is 0 Å². The molecule has 1 fully saturated rings. The van der Waals surface area contributed by atoms with Crippen molar-refractivity contribution < 1.29 is 17.9 Å². The summed E-state index contributed by atoms with van der Waals surface area (Å²) in [5.41, 5.74) is 1.75. The Bertz CT molecular complexity index is 819. The van der Waals surface area contributed by atoms with Crippen LogP contribution in [0.2, 0.25) is 0 Å². The molecule has 0 saturated carbocycles. The lowest BCUT2D eigenvalue weighted by molar-refractivity contribution is -0.127. The minimum Gasteiger partial charge on any atom is -0.487 e. The average Bonchev–Trinajstić information content (AvgIpc) is 2.61. The average molecular weight is 395 g/mol. The van der Waals surface area contributed by atoms with Crippen LogP contribution in [0.25, 0.3) is 0 Å². The first-order valence-electron chi connectivity index (χ1n) is 9.69. The Kier molecular flexibility index (Phi) is 5.54. The lowest BCUT2D eigenvalue weighted by Crippen LogP contribution is -2.48. The second-order valence-corrected chi connectivity index (χ2v) is 10.5. The summed E-state index contributed by atoms with van der Waals surface area (Å²) in [5, 5.41) is 3.18. The first kappa shape index (κ1) is 20.1. The molecule has 3 rings (SSSR count). The number of benzene rings is 1. The molecule has 6 nitrogen and oxygen atoms in total. The molecule has 150 valence electrons. The van der Waals surface area contributed by atoms with Crippen LogP contribution in [0, 0.1) is 12.8 Å². The first-order chi connectivity index (χ1) is 12.6. The van der Waals surface area contributed by atoms with Crippen molar-refractivity contribution in [2.75, 3.05) is 18.8 Å². The number of ether oxygens (including phenoxy) is 1. The molecule has 0 radical (unpaired) electrons. The maximum atomic E-state index is 13.0. The fourth-order valence-corrected chi connectivity index (χ4v) is 5.16. The van der Waals surface area contributed by atoms with E-state index < -0.39 is 10.0 Å². The molecule has 7 heteroatoms. The van der Waals surface area contributed by atoms with Crippen LogP contribution in [0.4, 0.5) is 0 Å². The van der Waals surface area contributed by atoms with Gasteiger partial charge in [0.1, 0.15) is 11.4 Å². The Labute approximate surface area is 162 Å². The minimum absolute atomic E-state index is 0.0684. The maximum absolute atomic E-state index is 13.0. The molecule has 0 aromatic heterocycles. The van der Waals surface area contributed by atoms with Gasteiger partial charge in [0.25, 0.3) is 0 Å². The zero-order valence-corrected chi connectivity index (χ0v) is 17.4. The van der Waals surface area contributed by atoms with Gasteiger partial charge in [-0.25, -0.2) is 12.7 Å². The number of aryl methyl sites for hydroxylation is 1. The van der Waals surface area contributed by atoms with Crippen molar-refractivity contribution in [2.24, 2.45) is 5.92 Å². The van der Waals surface area contributed by atoms with Gasteiger partial charge < -0.3 is 10.1 Å². The molecular weight excluding hydrogens is 364 g/mol. The van der Waals surface area contributed by atoms with Gasteiger partial charge in [-0.1, -0.05) is 17.7 Å². The van der Waals surface area contributed by atoms with Gasteiger partial charge in [0.05, 0.1) is 17.7 Å². The van der Waals surface area contributed by atoms with Gasteiger partial charge in [0, 0.05) is 25.1 Å². The smallest absolute Gasteiger partial charge is 0.224 e. The molecule has 0 aliphatic carbocycles. The summed E-state index contributed by atoms with van der Waals surface area (Å²) in [5.74, 6) is 0.503. The third kappa shape index (κ3) is 4.46. The van der Waals surface area contributed by atoms with Gasteiger partial charge in [0.15, 0.2) is 0 Å². The molecule has 1 saturated heterocycles. The Morgan fingerprint density at radius 1 is 1.37 bits per heavy atom. The summed E-state index contributed by atoms with van der Waals surface area (Å²) in [4.78, 5) is 13.0. The summed E-state index contributed by atoms with van der Waals surface area (Å²) < 4.78 is 31.9. The summed E-state index contributed by atoms with van der Waals surface area (Å²) in [6.45, 7) is 8.48. The number of sulfonamides is 1. The van der Waals surface area contributed by atoms with E-state index in [2.05, 4.69) is 11.4 Å². The Balaban J connectivity index is 1.77. The number of nitrogens with one attached hydrogen (secondary N) is 1.